The zero-order valence-corrected chi connectivity index (χ0v) is 11.7. The smallest absolute Gasteiger partial charge is 0.253 e. The zero-order valence-electron chi connectivity index (χ0n) is 11.7. The molecule has 1 aromatic carbocycles. The summed E-state index contributed by atoms with van der Waals surface area (Å²) in [7, 11) is 3.51. The maximum Gasteiger partial charge on any atom is 0.253 e. The molecule has 2 rings (SSSR count). The quantitative estimate of drug-likeness (QED) is 0.890. The summed E-state index contributed by atoms with van der Waals surface area (Å²) >= 11 is 0. The molecule has 4 heteroatoms. The highest BCUT2D eigenvalue weighted by Crippen LogP contribution is 2.19. The summed E-state index contributed by atoms with van der Waals surface area (Å²) in [6, 6.07) is 8.05. The van der Waals surface area contributed by atoms with Gasteiger partial charge in [-0.2, -0.15) is 0 Å². The van der Waals surface area contributed by atoms with Crippen molar-refractivity contribution in [2.75, 3.05) is 27.2 Å². The number of amides is 1. The number of likely N-dealkylation sites (tertiary alicyclic amines) is 1. The standard InChI is InChI=1S/C15H22N2O2/c1-16(2)15(19)13-7-5-12(6-8-13)10-17-9-3-4-14(17)11-18/h5-8,14,18H,3-4,9-11H2,1-2H3/t14-/m1/s1. The van der Waals surface area contributed by atoms with E-state index >= 15 is 0 Å². The van der Waals surface area contributed by atoms with Gasteiger partial charge in [-0.25, -0.2) is 0 Å². The van der Waals surface area contributed by atoms with Crippen LogP contribution in [0.3, 0.4) is 0 Å². The molecular weight excluding hydrogens is 240 g/mol. The van der Waals surface area contributed by atoms with Gasteiger partial charge in [-0.15, -0.1) is 0 Å². The minimum Gasteiger partial charge on any atom is -0.395 e. The zero-order chi connectivity index (χ0) is 13.8. The normalized spacial score (nSPS) is 19.6. The fraction of sp³-hybridized carbons (Fsp3) is 0.533. The molecule has 0 spiro atoms. The van der Waals surface area contributed by atoms with E-state index in [1.807, 2.05) is 24.3 Å². The predicted molar refractivity (Wildman–Crippen MR) is 75.0 cm³/mol. The Labute approximate surface area is 114 Å². The topological polar surface area (TPSA) is 43.8 Å². The number of benzene rings is 1. The van der Waals surface area contributed by atoms with Gasteiger partial charge in [-0.1, -0.05) is 12.1 Å². The van der Waals surface area contributed by atoms with Gasteiger partial charge >= 0.3 is 0 Å². The molecule has 1 amide bonds. The van der Waals surface area contributed by atoms with E-state index < -0.39 is 0 Å². The maximum atomic E-state index is 11.8. The van der Waals surface area contributed by atoms with Gasteiger partial charge in [0.1, 0.15) is 0 Å². The Morgan fingerprint density at radius 2 is 2.05 bits per heavy atom. The summed E-state index contributed by atoms with van der Waals surface area (Å²) in [5.41, 5.74) is 1.91. The third-order valence-corrected chi connectivity index (χ3v) is 3.70. The van der Waals surface area contributed by atoms with E-state index in [0.717, 1.165) is 25.9 Å². The van der Waals surface area contributed by atoms with Crippen LogP contribution in [-0.4, -0.2) is 54.1 Å². The number of hydrogen-bond donors (Lipinski definition) is 1. The molecule has 1 N–H and O–H groups in total. The van der Waals surface area contributed by atoms with Gasteiger partial charge in [0, 0.05) is 32.2 Å². The summed E-state index contributed by atoms with van der Waals surface area (Å²) in [5.74, 6) is 0.0287. The lowest BCUT2D eigenvalue weighted by molar-refractivity contribution is 0.0827. The molecule has 1 fully saturated rings. The Hall–Kier alpha value is -1.39. The summed E-state index contributed by atoms with van der Waals surface area (Å²) in [4.78, 5) is 15.7. The molecule has 1 aliphatic heterocycles. The minimum absolute atomic E-state index is 0.0287. The van der Waals surface area contributed by atoms with E-state index in [9.17, 15) is 9.90 Å². The molecule has 0 bridgehead atoms. The number of rotatable bonds is 4. The number of nitrogens with zero attached hydrogens (tertiary/aromatic N) is 2. The van der Waals surface area contributed by atoms with Crippen LogP contribution in [0.2, 0.25) is 0 Å². The largest absolute Gasteiger partial charge is 0.395 e. The minimum atomic E-state index is 0.0287. The van der Waals surface area contributed by atoms with Gasteiger partial charge in [0.05, 0.1) is 6.61 Å². The number of aliphatic hydroxyl groups excluding tert-OH is 1. The first-order chi connectivity index (χ1) is 9.11. The molecule has 0 unspecified atom stereocenters. The van der Waals surface area contributed by atoms with Crippen molar-refractivity contribution >= 4 is 5.91 Å². The van der Waals surface area contributed by atoms with Gasteiger partial charge < -0.3 is 10.0 Å². The Kier molecular flexibility index (Phi) is 4.56. The lowest BCUT2D eigenvalue weighted by Gasteiger charge is -2.22. The summed E-state index contributed by atoms with van der Waals surface area (Å²) in [5, 5.41) is 9.30. The third-order valence-electron chi connectivity index (χ3n) is 3.70. The van der Waals surface area contributed by atoms with Crippen LogP contribution in [-0.2, 0) is 6.54 Å². The Morgan fingerprint density at radius 1 is 1.37 bits per heavy atom. The Morgan fingerprint density at radius 3 is 2.63 bits per heavy atom. The van der Waals surface area contributed by atoms with Gasteiger partial charge in [-0.05, 0) is 37.1 Å². The van der Waals surface area contributed by atoms with Gasteiger partial charge in [0.2, 0.25) is 0 Å². The van der Waals surface area contributed by atoms with Crippen LogP contribution in [0.15, 0.2) is 24.3 Å². The van der Waals surface area contributed by atoms with Gasteiger partial charge in [-0.3, -0.25) is 9.69 Å². The van der Waals surface area contributed by atoms with Crippen LogP contribution in [0, 0.1) is 0 Å². The van der Waals surface area contributed by atoms with E-state index in [0.29, 0.717) is 11.6 Å². The average molecular weight is 262 g/mol. The van der Waals surface area contributed by atoms with Gasteiger partial charge in [0.15, 0.2) is 0 Å². The second-order valence-corrected chi connectivity index (χ2v) is 5.35. The first-order valence-corrected chi connectivity index (χ1v) is 6.77. The monoisotopic (exact) mass is 262 g/mol. The van der Waals surface area contributed by atoms with Crippen LogP contribution in [0.25, 0.3) is 0 Å². The van der Waals surface area contributed by atoms with Crippen molar-refractivity contribution in [3.05, 3.63) is 35.4 Å². The fourth-order valence-corrected chi connectivity index (χ4v) is 2.56. The molecule has 1 heterocycles. The van der Waals surface area contributed by atoms with Crippen molar-refractivity contribution in [3.8, 4) is 0 Å². The molecule has 0 aromatic heterocycles. The fourth-order valence-electron chi connectivity index (χ4n) is 2.56. The third kappa shape index (κ3) is 3.33. The number of carbonyl (C=O) groups excluding carboxylic acids is 1. The van der Waals surface area contributed by atoms with Crippen molar-refractivity contribution < 1.29 is 9.90 Å². The van der Waals surface area contributed by atoms with Crippen molar-refractivity contribution in [2.24, 2.45) is 0 Å². The molecule has 1 atom stereocenters. The predicted octanol–water partition coefficient (Wildman–Crippen LogP) is 1.35. The van der Waals surface area contributed by atoms with Crippen LogP contribution < -0.4 is 0 Å². The average Bonchev–Trinajstić information content (AvgIpc) is 2.86. The van der Waals surface area contributed by atoms with Crippen LogP contribution in [0.1, 0.15) is 28.8 Å². The summed E-state index contributed by atoms with van der Waals surface area (Å²) < 4.78 is 0. The number of aliphatic hydroxyl groups is 1. The van der Waals surface area contributed by atoms with Crippen molar-refractivity contribution in [1.29, 1.82) is 0 Å². The highest BCUT2D eigenvalue weighted by atomic mass is 16.3. The highest BCUT2D eigenvalue weighted by Gasteiger charge is 2.23. The molecular formula is C15H22N2O2. The Bertz CT molecular complexity index is 428. The number of carbonyl (C=O) groups is 1. The lowest BCUT2D eigenvalue weighted by Crippen LogP contribution is -2.31. The maximum absolute atomic E-state index is 11.8. The van der Waals surface area contributed by atoms with Crippen LogP contribution >= 0.6 is 0 Å². The molecule has 1 aliphatic rings. The molecule has 0 saturated carbocycles. The van der Waals surface area contributed by atoms with Crippen LogP contribution in [0.4, 0.5) is 0 Å². The molecule has 104 valence electrons. The second kappa shape index (κ2) is 6.17. The molecule has 0 radical (unpaired) electrons. The van der Waals surface area contributed by atoms with Crippen molar-refractivity contribution in [1.82, 2.24) is 9.80 Å². The van der Waals surface area contributed by atoms with Crippen molar-refractivity contribution in [3.63, 3.8) is 0 Å². The van der Waals surface area contributed by atoms with E-state index in [-0.39, 0.29) is 12.5 Å². The molecule has 1 aromatic rings. The first-order valence-electron chi connectivity index (χ1n) is 6.77. The Balaban J connectivity index is 2.01. The van der Waals surface area contributed by atoms with E-state index in [2.05, 4.69) is 4.90 Å². The van der Waals surface area contributed by atoms with E-state index in [1.54, 1.807) is 19.0 Å². The molecule has 1 saturated heterocycles. The second-order valence-electron chi connectivity index (χ2n) is 5.35. The summed E-state index contributed by atoms with van der Waals surface area (Å²) in [6.07, 6.45) is 2.23. The number of hydrogen-bond acceptors (Lipinski definition) is 3. The molecule has 4 nitrogen and oxygen atoms in total. The van der Waals surface area contributed by atoms with Gasteiger partial charge in [0.25, 0.3) is 5.91 Å². The van der Waals surface area contributed by atoms with E-state index in [1.165, 1.54) is 5.56 Å². The lowest BCUT2D eigenvalue weighted by atomic mass is 10.1. The van der Waals surface area contributed by atoms with Crippen molar-refractivity contribution in [2.45, 2.75) is 25.4 Å². The first kappa shape index (κ1) is 14.0. The van der Waals surface area contributed by atoms with Crippen LogP contribution in [0.5, 0.6) is 0 Å². The molecule has 0 aliphatic carbocycles. The van der Waals surface area contributed by atoms with E-state index in [4.69, 9.17) is 0 Å². The SMILES string of the molecule is CN(C)C(=O)c1ccc(CN2CCC[C@@H]2CO)cc1. The summed E-state index contributed by atoms with van der Waals surface area (Å²) in [6.45, 7) is 2.13. The molecule has 19 heavy (non-hydrogen) atoms. The highest BCUT2D eigenvalue weighted by molar-refractivity contribution is 5.93.